The first kappa shape index (κ1) is 19.8. The van der Waals surface area contributed by atoms with Crippen LogP contribution in [0.1, 0.15) is 16.1 Å². The molecule has 0 bridgehead atoms. The van der Waals surface area contributed by atoms with E-state index in [1.807, 2.05) is 38.4 Å². The summed E-state index contributed by atoms with van der Waals surface area (Å²) < 4.78 is 7.85. The zero-order valence-electron chi connectivity index (χ0n) is 15.8. The van der Waals surface area contributed by atoms with Gasteiger partial charge in [-0.3, -0.25) is 14.3 Å². The fourth-order valence-corrected chi connectivity index (χ4v) is 3.38. The standard InChI is InChI=1S/C21H19BrN4O2/c1-25(2)13-21(27)26-18-5-4-17(22)9-14(18)10-19(26)15(11-23)8-16-12-24-7-6-20(16)28-3/h4-10,12H,13H2,1-3H3/b15-8+. The van der Waals surface area contributed by atoms with Crippen LogP contribution in [0.3, 0.4) is 0 Å². The Labute approximate surface area is 171 Å². The third kappa shape index (κ3) is 3.98. The first-order valence-corrected chi connectivity index (χ1v) is 9.33. The van der Waals surface area contributed by atoms with Gasteiger partial charge in [-0.2, -0.15) is 5.26 Å². The van der Waals surface area contributed by atoms with E-state index in [9.17, 15) is 10.1 Å². The number of ether oxygens (including phenoxy) is 1. The number of carbonyl (C=O) groups excluding carboxylic acids is 1. The van der Waals surface area contributed by atoms with E-state index in [0.717, 1.165) is 15.4 Å². The SMILES string of the molecule is COc1ccncc1/C=C(\C#N)c1cc2cc(Br)ccc2n1C(=O)CN(C)C. The lowest BCUT2D eigenvalue weighted by molar-refractivity contribution is 0.0881. The van der Waals surface area contributed by atoms with Crippen LogP contribution < -0.4 is 4.74 Å². The second kappa shape index (κ2) is 8.38. The number of rotatable bonds is 5. The highest BCUT2D eigenvalue weighted by molar-refractivity contribution is 9.10. The average molecular weight is 439 g/mol. The normalized spacial score (nSPS) is 11.6. The van der Waals surface area contributed by atoms with Gasteiger partial charge in [0.15, 0.2) is 0 Å². The molecule has 0 amide bonds. The number of hydrogen-bond donors (Lipinski definition) is 0. The third-order valence-electron chi connectivity index (χ3n) is 4.19. The van der Waals surface area contributed by atoms with Crippen molar-refractivity contribution in [3.05, 3.63) is 58.5 Å². The summed E-state index contributed by atoms with van der Waals surface area (Å²) in [7, 11) is 5.23. The summed E-state index contributed by atoms with van der Waals surface area (Å²) in [6, 6.07) is 11.5. The first-order chi connectivity index (χ1) is 13.4. The largest absolute Gasteiger partial charge is 0.496 e. The van der Waals surface area contributed by atoms with Crippen molar-refractivity contribution >= 4 is 44.4 Å². The summed E-state index contributed by atoms with van der Waals surface area (Å²) in [6.07, 6.45) is 4.94. The Morgan fingerprint density at radius 2 is 2.14 bits per heavy atom. The molecule has 142 valence electrons. The highest BCUT2D eigenvalue weighted by Crippen LogP contribution is 2.30. The smallest absolute Gasteiger partial charge is 0.245 e. The van der Waals surface area contributed by atoms with Gasteiger partial charge in [0, 0.05) is 27.8 Å². The van der Waals surface area contributed by atoms with E-state index in [0.29, 0.717) is 22.6 Å². The third-order valence-corrected chi connectivity index (χ3v) is 4.68. The van der Waals surface area contributed by atoms with Crippen molar-refractivity contribution < 1.29 is 9.53 Å². The molecule has 2 heterocycles. The predicted molar refractivity (Wildman–Crippen MR) is 113 cm³/mol. The van der Waals surface area contributed by atoms with Crippen LogP contribution in [-0.2, 0) is 0 Å². The summed E-state index contributed by atoms with van der Waals surface area (Å²) >= 11 is 3.46. The summed E-state index contributed by atoms with van der Waals surface area (Å²) in [6.45, 7) is 0.224. The molecule has 0 fully saturated rings. The van der Waals surface area contributed by atoms with Gasteiger partial charge in [0.05, 0.1) is 30.4 Å². The molecule has 2 aromatic heterocycles. The fraction of sp³-hybridized carbons (Fsp3) is 0.190. The Bertz CT molecular complexity index is 1110. The van der Waals surface area contributed by atoms with Gasteiger partial charge in [-0.25, -0.2) is 0 Å². The molecule has 0 aliphatic carbocycles. The summed E-state index contributed by atoms with van der Waals surface area (Å²) in [4.78, 5) is 18.9. The molecule has 0 N–H and O–H groups in total. The van der Waals surface area contributed by atoms with E-state index in [1.165, 1.54) is 0 Å². The van der Waals surface area contributed by atoms with Crippen molar-refractivity contribution in [3.63, 3.8) is 0 Å². The molecule has 0 aliphatic heterocycles. The highest BCUT2D eigenvalue weighted by Gasteiger charge is 2.19. The van der Waals surface area contributed by atoms with Gasteiger partial charge >= 0.3 is 0 Å². The number of likely N-dealkylation sites (N-methyl/N-ethyl adjacent to an activating group) is 1. The Morgan fingerprint density at radius 1 is 1.36 bits per heavy atom. The molecular formula is C21H19BrN4O2. The Balaban J connectivity index is 2.24. The zero-order chi connectivity index (χ0) is 20.3. The number of nitrogens with zero attached hydrogens (tertiary/aromatic N) is 4. The van der Waals surface area contributed by atoms with Crippen molar-refractivity contribution in [3.8, 4) is 11.8 Å². The lowest BCUT2D eigenvalue weighted by Crippen LogP contribution is -2.27. The molecule has 0 radical (unpaired) electrons. The summed E-state index contributed by atoms with van der Waals surface area (Å²) in [5.41, 5.74) is 2.31. The molecule has 0 spiro atoms. The topological polar surface area (TPSA) is 71.1 Å². The van der Waals surface area contributed by atoms with Gasteiger partial charge in [0.1, 0.15) is 11.8 Å². The van der Waals surface area contributed by atoms with Gasteiger partial charge in [0.2, 0.25) is 5.91 Å². The molecule has 0 unspecified atom stereocenters. The van der Waals surface area contributed by atoms with Crippen molar-refractivity contribution in [1.29, 1.82) is 5.26 Å². The van der Waals surface area contributed by atoms with Crippen molar-refractivity contribution in [2.45, 2.75) is 0 Å². The summed E-state index contributed by atoms with van der Waals surface area (Å²) in [5, 5.41) is 10.7. The maximum absolute atomic E-state index is 13.0. The number of methoxy groups -OCH3 is 1. The van der Waals surface area contributed by atoms with Crippen molar-refractivity contribution in [2.75, 3.05) is 27.7 Å². The minimum Gasteiger partial charge on any atom is -0.496 e. The molecule has 0 saturated carbocycles. The lowest BCUT2D eigenvalue weighted by atomic mass is 10.1. The number of aromatic nitrogens is 2. The minimum absolute atomic E-state index is 0.114. The molecular weight excluding hydrogens is 420 g/mol. The van der Waals surface area contributed by atoms with E-state index in [4.69, 9.17) is 4.74 Å². The Morgan fingerprint density at radius 3 is 2.82 bits per heavy atom. The Kier molecular flexibility index (Phi) is 5.93. The van der Waals surface area contributed by atoms with E-state index in [2.05, 4.69) is 27.0 Å². The number of halogens is 1. The second-order valence-electron chi connectivity index (χ2n) is 6.49. The van der Waals surface area contributed by atoms with E-state index in [1.54, 1.807) is 41.1 Å². The number of hydrogen-bond acceptors (Lipinski definition) is 5. The van der Waals surface area contributed by atoms with Crippen molar-refractivity contribution in [2.24, 2.45) is 0 Å². The number of carbonyl (C=O) groups is 1. The fourth-order valence-electron chi connectivity index (χ4n) is 3.00. The molecule has 0 atom stereocenters. The second-order valence-corrected chi connectivity index (χ2v) is 7.40. The van der Waals surface area contributed by atoms with Crippen LogP contribution in [0.15, 0.2) is 47.2 Å². The highest BCUT2D eigenvalue weighted by atomic mass is 79.9. The van der Waals surface area contributed by atoms with Crippen LogP contribution >= 0.6 is 15.9 Å². The van der Waals surface area contributed by atoms with Gasteiger partial charge in [-0.15, -0.1) is 0 Å². The molecule has 6 nitrogen and oxygen atoms in total. The minimum atomic E-state index is -0.114. The van der Waals surface area contributed by atoms with Crippen molar-refractivity contribution in [1.82, 2.24) is 14.5 Å². The maximum Gasteiger partial charge on any atom is 0.245 e. The van der Waals surface area contributed by atoms with Crippen LogP contribution in [0.5, 0.6) is 5.75 Å². The van der Waals surface area contributed by atoms with Crippen LogP contribution in [0.4, 0.5) is 0 Å². The van der Waals surface area contributed by atoms with E-state index >= 15 is 0 Å². The molecule has 3 rings (SSSR count). The molecule has 0 saturated heterocycles. The summed E-state index contributed by atoms with van der Waals surface area (Å²) in [5.74, 6) is 0.490. The lowest BCUT2D eigenvalue weighted by Gasteiger charge is -2.13. The monoisotopic (exact) mass is 438 g/mol. The van der Waals surface area contributed by atoms with Crippen LogP contribution in [0.2, 0.25) is 0 Å². The molecule has 0 aliphatic rings. The quantitative estimate of drug-likeness (QED) is 0.561. The van der Waals surface area contributed by atoms with Crippen LogP contribution in [0.25, 0.3) is 22.6 Å². The van der Waals surface area contributed by atoms with Gasteiger partial charge in [-0.1, -0.05) is 15.9 Å². The average Bonchev–Trinajstić information content (AvgIpc) is 3.04. The van der Waals surface area contributed by atoms with Gasteiger partial charge < -0.3 is 9.64 Å². The first-order valence-electron chi connectivity index (χ1n) is 8.53. The zero-order valence-corrected chi connectivity index (χ0v) is 17.4. The van der Waals surface area contributed by atoms with Gasteiger partial charge in [-0.05, 0) is 50.5 Å². The maximum atomic E-state index is 13.0. The predicted octanol–water partition coefficient (Wildman–Crippen LogP) is 4.07. The molecule has 1 aromatic carbocycles. The van der Waals surface area contributed by atoms with Crippen LogP contribution in [0, 0.1) is 11.3 Å². The van der Waals surface area contributed by atoms with Gasteiger partial charge in [0.25, 0.3) is 0 Å². The molecule has 28 heavy (non-hydrogen) atoms. The number of benzene rings is 1. The Hall–Kier alpha value is -2.95. The molecule has 7 heteroatoms. The number of pyridine rings is 1. The van der Waals surface area contributed by atoms with E-state index in [-0.39, 0.29) is 12.5 Å². The number of nitriles is 1. The molecule has 3 aromatic rings. The van der Waals surface area contributed by atoms with E-state index < -0.39 is 0 Å². The number of fused-ring (bicyclic) bond motifs is 1. The van der Waals surface area contributed by atoms with Crippen LogP contribution in [-0.4, -0.2) is 48.1 Å². The number of allylic oxidation sites excluding steroid dienone is 1.